The van der Waals surface area contributed by atoms with E-state index in [1.54, 1.807) is 20.8 Å². The number of sulfonamides is 1. The Hall–Kier alpha value is -3.24. The molecule has 0 spiro atoms. The van der Waals surface area contributed by atoms with Gasteiger partial charge in [0.1, 0.15) is 5.54 Å². The van der Waals surface area contributed by atoms with E-state index in [1.807, 2.05) is 30.3 Å². The molecule has 1 saturated heterocycles. The van der Waals surface area contributed by atoms with Crippen LogP contribution < -0.4 is 10.7 Å². The largest absolute Gasteiger partial charge is 0.344 e. The van der Waals surface area contributed by atoms with Crippen molar-refractivity contribution in [3.05, 3.63) is 64.7 Å². The lowest BCUT2D eigenvalue weighted by Crippen LogP contribution is -2.49. The molecule has 33 heavy (non-hydrogen) atoms. The molecule has 0 aliphatic carbocycles. The SMILES string of the molecule is Cc1cc(C(=O)NN2C(=O)NC(C)(CCc3ccccc3)C2=O)cc(S(=O)(=O)N(C)C)c1C. The number of hydrogen-bond acceptors (Lipinski definition) is 5. The first-order chi connectivity index (χ1) is 15.4. The van der Waals surface area contributed by atoms with Crippen LogP contribution in [0.1, 0.15) is 40.4 Å². The first-order valence-electron chi connectivity index (χ1n) is 10.4. The average molecular weight is 473 g/mol. The van der Waals surface area contributed by atoms with Crippen LogP contribution in [0.3, 0.4) is 0 Å². The van der Waals surface area contributed by atoms with Crippen molar-refractivity contribution in [2.45, 2.75) is 44.0 Å². The summed E-state index contributed by atoms with van der Waals surface area (Å²) in [6, 6.07) is 11.6. The second-order valence-corrected chi connectivity index (χ2v) is 10.7. The number of aryl methyl sites for hydroxylation is 2. The van der Waals surface area contributed by atoms with Gasteiger partial charge in [-0.2, -0.15) is 5.01 Å². The highest BCUT2D eigenvalue weighted by atomic mass is 32.2. The number of carbonyl (C=O) groups excluding carboxylic acids is 3. The number of nitrogens with one attached hydrogen (secondary N) is 2. The number of imide groups is 1. The molecule has 1 fully saturated rings. The van der Waals surface area contributed by atoms with E-state index in [-0.39, 0.29) is 10.5 Å². The minimum Gasteiger partial charge on any atom is -0.322 e. The highest BCUT2D eigenvalue weighted by Crippen LogP contribution is 2.25. The highest BCUT2D eigenvalue weighted by molar-refractivity contribution is 7.89. The highest BCUT2D eigenvalue weighted by Gasteiger charge is 2.48. The molecular weight excluding hydrogens is 444 g/mol. The number of hydrogen-bond donors (Lipinski definition) is 2. The molecule has 0 bridgehead atoms. The number of carbonyl (C=O) groups is 3. The molecule has 3 rings (SSSR count). The first-order valence-corrected chi connectivity index (χ1v) is 11.9. The molecular formula is C23H28N4O5S. The monoisotopic (exact) mass is 472 g/mol. The molecule has 1 aliphatic rings. The van der Waals surface area contributed by atoms with E-state index in [9.17, 15) is 22.8 Å². The normalized spacial score (nSPS) is 18.5. The quantitative estimate of drug-likeness (QED) is 0.599. The fraction of sp³-hybridized carbons (Fsp3) is 0.348. The predicted molar refractivity (Wildman–Crippen MR) is 123 cm³/mol. The Labute approximate surface area is 193 Å². The molecule has 4 amide bonds. The van der Waals surface area contributed by atoms with Gasteiger partial charge in [-0.3, -0.25) is 15.0 Å². The Morgan fingerprint density at radius 3 is 2.36 bits per heavy atom. The third-order valence-electron chi connectivity index (χ3n) is 5.87. The minimum absolute atomic E-state index is 0.0115. The van der Waals surface area contributed by atoms with E-state index < -0.39 is 33.4 Å². The molecule has 1 unspecified atom stereocenters. The van der Waals surface area contributed by atoms with Gasteiger partial charge in [0.15, 0.2) is 0 Å². The van der Waals surface area contributed by atoms with Crippen LogP contribution in [0, 0.1) is 13.8 Å². The van der Waals surface area contributed by atoms with Crippen molar-refractivity contribution < 1.29 is 22.8 Å². The number of hydrazine groups is 1. The topological polar surface area (TPSA) is 116 Å². The van der Waals surface area contributed by atoms with E-state index in [0.29, 0.717) is 29.0 Å². The molecule has 10 heteroatoms. The zero-order valence-corrected chi connectivity index (χ0v) is 20.1. The summed E-state index contributed by atoms with van der Waals surface area (Å²) in [5.41, 5.74) is 3.30. The summed E-state index contributed by atoms with van der Waals surface area (Å²) in [6.45, 7) is 4.96. The van der Waals surface area contributed by atoms with Crippen LogP contribution in [0.4, 0.5) is 4.79 Å². The van der Waals surface area contributed by atoms with Gasteiger partial charge in [0.05, 0.1) is 4.90 Å². The number of urea groups is 1. The summed E-state index contributed by atoms with van der Waals surface area (Å²) in [5, 5.41) is 3.30. The molecule has 1 aliphatic heterocycles. The number of nitrogens with zero attached hydrogens (tertiary/aromatic N) is 2. The third-order valence-corrected chi connectivity index (χ3v) is 7.81. The number of rotatable bonds is 7. The Morgan fingerprint density at radius 1 is 1.12 bits per heavy atom. The Bertz CT molecular complexity index is 1210. The van der Waals surface area contributed by atoms with Gasteiger partial charge in [0.2, 0.25) is 10.0 Å². The zero-order valence-electron chi connectivity index (χ0n) is 19.3. The van der Waals surface area contributed by atoms with Gasteiger partial charge < -0.3 is 5.32 Å². The van der Waals surface area contributed by atoms with Gasteiger partial charge in [-0.15, -0.1) is 0 Å². The van der Waals surface area contributed by atoms with Gasteiger partial charge in [0.25, 0.3) is 11.8 Å². The summed E-state index contributed by atoms with van der Waals surface area (Å²) < 4.78 is 26.4. The summed E-state index contributed by atoms with van der Waals surface area (Å²) >= 11 is 0. The van der Waals surface area contributed by atoms with Gasteiger partial charge in [-0.25, -0.2) is 17.5 Å². The molecule has 0 aromatic heterocycles. The second-order valence-electron chi connectivity index (χ2n) is 8.53. The fourth-order valence-corrected chi connectivity index (χ4v) is 4.80. The van der Waals surface area contributed by atoms with E-state index >= 15 is 0 Å². The minimum atomic E-state index is -3.79. The van der Waals surface area contributed by atoms with Crippen molar-refractivity contribution in [1.29, 1.82) is 0 Å². The van der Waals surface area contributed by atoms with E-state index in [2.05, 4.69) is 10.7 Å². The van der Waals surface area contributed by atoms with Crippen molar-refractivity contribution in [1.82, 2.24) is 20.1 Å². The summed E-state index contributed by atoms with van der Waals surface area (Å²) in [7, 11) is -0.987. The maximum atomic E-state index is 13.0. The van der Waals surface area contributed by atoms with Crippen molar-refractivity contribution >= 4 is 27.9 Å². The standard InChI is InChI=1S/C23H28N4O5S/c1-15-13-18(14-19(16(15)2)33(31,32)26(4)5)20(28)25-27-21(29)23(3,24-22(27)30)12-11-17-9-7-6-8-10-17/h6-10,13-14H,11-12H2,1-5H3,(H,24,30)(H,25,28). The maximum Gasteiger partial charge on any atom is 0.344 e. The number of amides is 4. The van der Waals surface area contributed by atoms with Gasteiger partial charge in [0, 0.05) is 19.7 Å². The van der Waals surface area contributed by atoms with E-state index in [4.69, 9.17) is 0 Å². The lowest BCUT2D eigenvalue weighted by atomic mass is 9.93. The molecule has 1 atom stereocenters. The van der Waals surface area contributed by atoms with Crippen LogP contribution in [0.5, 0.6) is 0 Å². The summed E-state index contributed by atoms with van der Waals surface area (Å²) in [4.78, 5) is 38.4. The smallest absolute Gasteiger partial charge is 0.322 e. The van der Waals surface area contributed by atoms with Gasteiger partial charge in [-0.1, -0.05) is 30.3 Å². The van der Waals surface area contributed by atoms with Crippen LogP contribution >= 0.6 is 0 Å². The van der Waals surface area contributed by atoms with E-state index in [1.165, 1.54) is 26.2 Å². The molecule has 176 valence electrons. The predicted octanol–water partition coefficient (Wildman–Crippen LogP) is 2.14. The van der Waals surface area contributed by atoms with Gasteiger partial charge in [-0.05, 0) is 62.4 Å². The average Bonchev–Trinajstić information content (AvgIpc) is 2.97. The molecule has 2 aromatic rings. The van der Waals surface area contributed by atoms with Crippen LogP contribution in [0.2, 0.25) is 0 Å². The van der Waals surface area contributed by atoms with Crippen molar-refractivity contribution in [3.63, 3.8) is 0 Å². The fourth-order valence-electron chi connectivity index (χ4n) is 3.58. The summed E-state index contributed by atoms with van der Waals surface area (Å²) in [5.74, 6) is -1.34. The summed E-state index contributed by atoms with van der Waals surface area (Å²) in [6.07, 6.45) is 0.914. The molecule has 9 nitrogen and oxygen atoms in total. The molecule has 2 aromatic carbocycles. The molecule has 1 heterocycles. The molecule has 0 radical (unpaired) electrons. The van der Waals surface area contributed by atoms with Crippen molar-refractivity contribution in [2.24, 2.45) is 0 Å². The van der Waals surface area contributed by atoms with Crippen molar-refractivity contribution in [3.8, 4) is 0 Å². The molecule has 0 saturated carbocycles. The van der Waals surface area contributed by atoms with Crippen LogP contribution in [0.15, 0.2) is 47.4 Å². The maximum absolute atomic E-state index is 13.0. The third kappa shape index (κ3) is 4.76. The second kappa shape index (κ2) is 8.95. The van der Waals surface area contributed by atoms with Crippen LogP contribution in [-0.2, 0) is 21.2 Å². The lowest BCUT2D eigenvalue weighted by Gasteiger charge is -2.22. The first kappa shape index (κ1) is 24.4. The van der Waals surface area contributed by atoms with Crippen molar-refractivity contribution in [2.75, 3.05) is 14.1 Å². The van der Waals surface area contributed by atoms with Crippen LogP contribution in [0.25, 0.3) is 0 Å². The Morgan fingerprint density at radius 2 is 1.76 bits per heavy atom. The Balaban J connectivity index is 1.81. The lowest BCUT2D eigenvalue weighted by molar-refractivity contribution is -0.132. The Kier molecular flexibility index (Phi) is 6.62. The molecule has 2 N–H and O–H groups in total. The zero-order chi connectivity index (χ0) is 24.6. The number of benzene rings is 2. The van der Waals surface area contributed by atoms with Gasteiger partial charge >= 0.3 is 6.03 Å². The van der Waals surface area contributed by atoms with Crippen LogP contribution in [-0.4, -0.2) is 55.2 Å². The van der Waals surface area contributed by atoms with E-state index in [0.717, 1.165) is 9.87 Å².